The van der Waals surface area contributed by atoms with Crippen LogP contribution in [0.2, 0.25) is 0 Å². The summed E-state index contributed by atoms with van der Waals surface area (Å²) in [5.74, 6) is -10.1. The molecule has 1 unspecified atom stereocenters. The van der Waals surface area contributed by atoms with Gasteiger partial charge in [0, 0.05) is 0 Å². The number of hydrogen-bond donors (Lipinski definition) is 1. The van der Waals surface area contributed by atoms with Crippen LogP contribution >= 0.6 is 0 Å². The van der Waals surface area contributed by atoms with E-state index >= 15 is 0 Å². The lowest BCUT2D eigenvalue weighted by atomic mass is 10.0. The highest BCUT2D eigenvalue weighted by molar-refractivity contribution is 5.70. The van der Waals surface area contributed by atoms with Crippen LogP contribution in [0.15, 0.2) is 0 Å². The lowest BCUT2D eigenvalue weighted by Crippen LogP contribution is -2.45. The van der Waals surface area contributed by atoms with Crippen LogP contribution in [-0.2, 0) is 4.79 Å². The van der Waals surface area contributed by atoms with E-state index in [1.165, 1.54) is 0 Å². The molecule has 72 valence electrons. The van der Waals surface area contributed by atoms with Crippen LogP contribution in [0.4, 0.5) is 22.0 Å². The molecule has 7 heteroatoms. The van der Waals surface area contributed by atoms with Crippen molar-refractivity contribution in [2.45, 2.75) is 19.0 Å². The molecular weight excluding hydrogens is 187 g/mol. The van der Waals surface area contributed by atoms with Crippen LogP contribution < -0.4 is 0 Å². The van der Waals surface area contributed by atoms with Gasteiger partial charge in [-0.3, -0.25) is 4.79 Å². The van der Waals surface area contributed by atoms with Gasteiger partial charge in [-0.1, -0.05) is 0 Å². The van der Waals surface area contributed by atoms with E-state index in [1.807, 2.05) is 0 Å². The minimum Gasteiger partial charge on any atom is -0.481 e. The van der Waals surface area contributed by atoms with Gasteiger partial charge in [-0.05, 0) is 6.92 Å². The molecule has 0 aliphatic carbocycles. The number of carboxylic acids is 1. The van der Waals surface area contributed by atoms with Crippen molar-refractivity contribution in [2.75, 3.05) is 0 Å². The Bertz CT molecular complexity index is 185. The van der Waals surface area contributed by atoms with Crippen molar-refractivity contribution in [3.63, 3.8) is 0 Å². The fourth-order valence-electron chi connectivity index (χ4n) is 0.401. The zero-order valence-corrected chi connectivity index (χ0v) is 5.82. The molecular formula is C5H5F5O2. The SMILES string of the molecule is CC(C(=O)O)C(F)(F)C(F)(F)F. The van der Waals surface area contributed by atoms with E-state index in [9.17, 15) is 26.7 Å². The molecule has 0 saturated heterocycles. The van der Waals surface area contributed by atoms with Gasteiger partial charge in [0.2, 0.25) is 0 Å². The first-order valence-electron chi connectivity index (χ1n) is 2.78. The molecule has 0 aromatic carbocycles. The van der Waals surface area contributed by atoms with E-state index in [-0.39, 0.29) is 0 Å². The molecule has 0 aliphatic heterocycles. The second-order valence-corrected chi connectivity index (χ2v) is 2.18. The highest BCUT2D eigenvalue weighted by atomic mass is 19.4. The fourth-order valence-corrected chi connectivity index (χ4v) is 0.401. The fraction of sp³-hybridized carbons (Fsp3) is 0.800. The lowest BCUT2D eigenvalue weighted by molar-refractivity contribution is -0.298. The van der Waals surface area contributed by atoms with Gasteiger partial charge < -0.3 is 5.11 Å². The van der Waals surface area contributed by atoms with Crippen molar-refractivity contribution in [3.05, 3.63) is 0 Å². The Kier molecular flexibility index (Phi) is 2.66. The van der Waals surface area contributed by atoms with Crippen molar-refractivity contribution in [1.82, 2.24) is 0 Å². The van der Waals surface area contributed by atoms with Crippen LogP contribution in [0.3, 0.4) is 0 Å². The molecule has 0 aromatic rings. The molecule has 0 aliphatic rings. The highest BCUT2D eigenvalue weighted by Gasteiger charge is 2.63. The molecule has 1 atom stereocenters. The molecule has 0 saturated carbocycles. The number of carbonyl (C=O) groups is 1. The first-order chi connectivity index (χ1) is 5.10. The molecule has 0 amide bonds. The van der Waals surface area contributed by atoms with Crippen molar-refractivity contribution in [1.29, 1.82) is 0 Å². The number of aliphatic carboxylic acids is 1. The molecule has 0 rings (SSSR count). The Labute approximate surface area is 64.0 Å². The van der Waals surface area contributed by atoms with Crippen LogP contribution in [0.25, 0.3) is 0 Å². The van der Waals surface area contributed by atoms with Gasteiger partial charge in [-0.25, -0.2) is 0 Å². The van der Waals surface area contributed by atoms with Crippen molar-refractivity contribution in [2.24, 2.45) is 5.92 Å². The van der Waals surface area contributed by atoms with Gasteiger partial charge in [0.15, 0.2) is 0 Å². The summed E-state index contributed by atoms with van der Waals surface area (Å²) in [7, 11) is 0. The second-order valence-electron chi connectivity index (χ2n) is 2.18. The molecule has 0 heterocycles. The Hall–Kier alpha value is -0.880. The van der Waals surface area contributed by atoms with Crippen LogP contribution in [-0.4, -0.2) is 23.2 Å². The molecule has 0 fully saturated rings. The van der Waals surface area contributed by atoms with Gasteiger partial charge in [-0.15, -0.1) is 0 Å². The first-order valence-corrected chi connectivity index (χ1v) is 2.78. The van der Waals surface area contributed by atoms with Gasteiger partial charge in [0.05, 0.1) is 0 Å². The smallest absolute Gasteiger partial charge is 0.454 e. The van der Waals surface area contributed by atoms with Gasteiger partial charge >= 0.3 is 18.1 Å². The van der Waals surface area contributed by atoms with Crippen LogP contribution in [0.1, 0.15) is 6.92 Å². The number of halogens is 5. The third-order valence-electron chi connectivity index (χ3n) is 1.29. The van der Waals surface area contributed by atoms with Crippen molar-refractivity contribution < 1.29 is 31.9 Å². The minimum absolute atomic E-state index is 0.301. The summed E-state index contributed by atoms with van der Waals surface area (Å²) in [6.45, 7) is 0.301. The predicted octanol–water partition coefficient (Wildman–Crippen LogP) is 1.90. The number of alkyl halides is 5. The molecule has 12 heavy (non-hydrogen) atoms. The zero-order valence-electron chi connectivity index (χ0n) is 5.82. The molecule has 0 radical (unpaired) electrons. The first kappa shape index (κ1) is 11.1. The summed E-state index contributed by atoms with van der Waals surface area (Å²) in [5, 5.41) is 7.90. The second kappa shape index (κ2) is 2.87. The number of carboxylic acid groups (broad SMARTS) is 1. The molecule has 0 spiro atoms. The van der Waals surface area contributed by atoms with Crippen LogP contribution in [0, 0.1) is 5.92 Å². The zero-order chi connectivity index (χ0) is 10.2. The highest BCUT2D eigenvalue weighted by Crippen LogP contribution is 2.41. The molecule has 0 aromatic heterocycles. The topological polar surface area (TPSA) is 37.3 Å². The maximum absolute atomic E-state index is 12.1. The quantitative estimate of drug-likeness (QED) is 0.678. The lowest BCUT2D eigenvalue weighted by Gasteiger charge is -2.22. The third-order valence-corrected chi connectivity index (χ3v) is 1.29. The Morgan fingerprint density at radius 3 is 1.67 bits per heavy atom. The summed E-state index contributed by atoms with van der Waals surface area (Å²) in [6.07, 6.45) is -5.81. The largest absolute Gasteiger partial charge is 0.481 e. The monoisotopic (exact) mass is 192 g/mol. The van der Waals surface area contributed by atoms with E-state index < -0.39 is 24.0 Å². The Balaban J connectivity index is 4.73. The molecule has 2 nitrogen and oxygen atoms in total. The van der Waals surface area contributed by atoms with E-state index in [1.54, 1.807) is 0 Å². The average Bonchev–Trinajstić information content (AvgIpc) is 1.83. The number of hydrogen-bond acceptors (Lipinski definition) is 1. The van der Waals surface area contributed by atoms with Gasteiger partial charge in [0.25, 0.3) is 0 Å². The van der Waals surface area contributed by atoms with E-state index in [4.69, 9.17) is 5.11 Å². The molecule has 0 bridgehead atoms. The standard InChI is InChI=1S/C5H5F5O2/c1-2(3(11)12)4(6,7)5(8,9)10/h2H,1H3,(H,11,12). The maximum Gasteiger partial charge on any atom is 0.454 e. The summed E-state index contributed by atoms with van der Waals surface area (Å²) in [5.41, 5.74) is 0. The Morgan fingerprint density at radius 2 is 1.58 bits per heavy atom. The normalized spacial score (nSPS) is 15.8. The Morgan fingerprint density at radius 1 is 1.25 bits per heavy atom. The van der Waals surface area contributed by atoms with Gasteiger partial charge in [-0.2, -0.15) is 22.0 Å². The minimum atomic E-state index is -5.81. The summed E-state index contributed by atoms with van der Waals surface area (Å²) in [4.78, 5) is 9.81. The summed E-state index contributed by atoms with van der Waals surface area (Å²) >= 11 is 0. The summed E-state index contributed by atoms with van der Waals surface area (Å²) < 4.78 is 58.4. The predicted molar refractivity (Wildman–Crippen MR) is 27.8 cm³/mol. The summed E-state index contributed by atoms with van der Waals surface area (Å²) in [6, 6.07) is 0. The van der Waals surface area contributed by atoms with Crippen molar-refractivity contribution >= 4 is 5.97 Å². The maximum atomic E-state index is 12.1. The third kappa shape index (κ3) is 1.83. The van der Waals surface area contributed by atoms with E-state index in [0.717, 1.165) is 0 Å². The van der Waals surface area contributed by atoms with E-state index in [2.05, 4.69) is 0 Å². The van der Waals surface area contributed by atoms with Crippen molar-refractivity contribution in [3.8, 4) is 0 Å². The average molecular weight is 192 g/mol. The van der Waals surface area contributed by atoms with E-state index in [0.29, 0.717) is 6.92 Å². The molecule has 1 N–H and O–H groups in total. The number of rotatable bonds is 2. The van der Waals surface area contributed by atoms with Crippen LogP contribution in [0.5, 0.6) is 0 Å². The van der Waals surface area contributed by atoms with Gasteiger partial charge in [0.1, 0.15) is 5.92 Å².